The standard InChI is InChI=1S/C11H15F3N2S/c1-9(2)4-3-5-10(9,15)7-6-16-8(17-7)11(12,13)14/h6H,3-5,15H2,1-2H3. The van der Waals surface area contributed by atoms with Crippen molar-refractivity contribution in [2.45, 2.75) is 44.8 Å². The lowest BCUT2D eigenvalue weighted by atomic mass is 9.75. The molecule has 1 aliphatic carbocycles. The normalized spacial score (nSPS) is 28.6. The van der Waals surface area contributed by atoms with Crippen molar-refractivity contribution < 1.29 is 13.2 Å². The van der Waals surface area contributed by atoms with E-state index in [9.17, 15) is 13.2 Å². The zero-order valence-corrected chi connectivity index (χ0v) is 10.6. The predicted molar refractivity (Wildman–Crippen MR) is 60.6 cm³/mol. The number of hydrogen-bond donors (Lipinski definition) is 1. The van der Waals surface area contributed by atoms with Crippen LogP contribution in [0.3, 0.4) is 0 Å². The highest BCUT2D eigenvalue weighted by Crippen LogP contribution is 2.52. The third-order valence-corrected chi connectivity index (χ3v) is 4.99. The third kappa shape index (κ3) is 1.97. The van der Waals surface area contributed by atoms with Crippen LogP contribution in [0.5, 0.6) is 0 Å². The van der Waals surface area contributed by atoms with Crippen LogP contribution in [0.4, 0.5) is 13.2 Å². The van der Waals surface area contributed by atoms with Crippen LogP contribution in [0.15, 0.2) is 6.20 Å². The number of nitrogens with zero attached hydrogens (tertiary/aromatic N) is 1. The smallest absolute Gasteiger partial charge is 0.320 e. The molecule has 1 atom stereocenters. The molecule has 1 heterocycles. The van der Waals surface area contributed by atoms with Crippen molar-refractivity contribution in [1.82, 2.24) is 4.98 Å². The van der Waals surface area contributed by atoms with E-state index in [2.05, 4.69) is 4.98 Å². The molecule has 2 N–H and O–H groups in total. The topological polar surface area (TPSA) is 38.9 Å². The second-order valence-corrected chi connectivity index (χ2v) is 6.27. The van der Waals surface area contributed by atoms with Crippen molar-refractivity contribution in [3.8, 4) is 0 Å². The zero-order valence-electron chi connectivity index (χ0n) is 9.77. The van der Waals surface area contributed by atoms with Crippen molar-refractivity contribution in [3.05, 3.63) is 16.1 Å². The number of halogens is 3. The quantitative estimate of drug-likeness (QED) is 0.842. The fourth-order valence-electron chi connectivity index (χ4n) is 2.44. The van der Waals surface area contributed by atoms with E-state index in [1.807, 2.05) is 13.8 Å². The molecular formula is C11H15F3N2S. The average molecular weight is 264 g/mol. The molecule has 0 spiro atoms. The van der Waals surface area contributed by atoms with Gasteiger partial charge in [-0.15, -0.1) is 11.3 Å². The summed E-state index contributed by atoms with van der Waals surface area (Å²) in [5, 5.41) is -0.806. The first-order valence-corrected chi connectivity index (χ1v) is 6.31. The molecule has 0 radical (unpaired) electrons. The molecule has 1 unspecified atom stereocenters. The monoisotopic (exact) mass is 264 g/mol. The summed E-state index contributed by atoms with van der Waals surface area (Å²) in [4.78, 5) is 4.00. The lowest BCUT2D eigenvalue weighted by Crippen LogP contribution is -2.45. The maximum absolute atomic E-state index is 12.5. The Hall–Kier alpha value is -0.620. The van der Waals surface area contributed by atoms with E-state index < -0.39 is 16.7 Å². The highest BCUT2D eigenvalue weighted by Gasteiger charge is 2.49. The maximum atomic E-state index is 12.5. The molecule has 0 aliphatic heterocycles. The van der Waals surface area contributed by atoms with E-state index in [0.29, 0.717) is 16.2 Å². The fraction of sp³-hybridized carbons (Fsp3) is 0.727. The van der Waals surface area contributed by atoms with Crippen LogP contribution in [0.25, 0.3) is 0 Å². The molecule has 0 amide bonds. The van der Waals surface area contributed by atoms with Crippen LogP contribution in [0.2, 0.25) is 0 Å². The molecule has 1 aromatic rings. The second-order valence-electron chi connectivity index (χ2n) is 5.24. The molecule has 1 aromatic heterocycles. The lowest BCUT2D eigenvalue weighted by Gasteiger charge is -2.37. The fourth-order valence-corrected chi connectivity index (χ4v) is 3.53. The van der Waals surface area contributed by atoms with Crippen molar-refractivity contribution in [2.75, 3.05) is 0 Å². The van der Waals surface area contributed by atoms with Gasteiger partial charge in [-0.3, -0.25) is 0 Å². The Kier molecular flexibility index (Phi) is 2.78. The number of nitrogens with two attached hydrogens (primary N) is 1. The van der Waals surface area contributed by atoms with Gasteiger partial charge in [-0.25, -0.2) is 4.98 Å². The summed E-state index contributed by atoms with van der Waals surface area (Å²) in [5.74, 6) is 0. The van der Waals surface area contributed by atoms with Crippen LogP contribution in [-0.4, -0.2) is 4.98 Å². The zero-order chi connectivity index (χ0) is 12.9. The van der Waals surface area contributed by atoms with Gasteiger partial charge in [0.25, 0.3) is 0 Å². The first-order chi connectivity index (χ1) is 7.67. The Balaban J connectivity index is 2.38. The van der Waals surface area contributed by atoms with Crippen LogP contribution in [-0.2, 0) is 11.7 Å². The largest absolute Gasteiger partial charge is 0.443 e. The molecule has 2 rings (SSSR count). The Morgan fingerprint density at radius 2 is 2.00 bits per heavy atom. The first-order valence-electron chi connectivity index (χ1n) is 5.49. The molecule has 1 fully saturated rings. The van der Waals surface area contributed by atoms with E-state index in [-0.39, 0.29) is 5.41 Å². The van der Waals surface area contributed by atoms with Gasteiger partial charge in [0.15, 0.2) is 5.01 Å². The minimum atomic E-state index is -4.37. The highest BCUT2D eigenvalue weighted by molar-refractivity contribution is 7.11. The van der Waals surface area contributed by atoms with Gasteiger partial charge in [0.1, 0.15) is 0 Å². The lowest BCUT2D eigenvalue weighted by molar-refractivity contribution is -0.137. The molecule has 1 aliphatic rings. The van der Waals surface area contributed by atoms with Crippen LogP contribution >= 0.6 is 11.3 Å². The summed E-state index contributed by atoms with van der Waals surface area (Å²) >= 11 is 0.677. The number of aromatic nitrogens is 1. The third-order valence-electron chi connectivity index (χ3n) is 3.77. The Morgan fingerprint density at radius 1 is 1.35 bits per heavy atom. The Labute approximate surface area is 102 Å². The summed E-state index contributed by atoms with van der Waals surface area (Å²) in [6.07, 6.45) is -0.479. The minimum absolute atomic E-state index is 0.178. The number of alkyl halides is 3. The SMILES string of the molecule is CC1(C)CCCC1(N)c1cnc(C(F)(F)F)s1. The molecule has 0 saturated heterocycles. The summed E-state index contributed by atoms with van der Waals surface area (Å²) in [6.45, 7) is 4.01. The van der Waals surface area contributed by atoms with Gasteiger partial charge >= 0.3 is 6.18 Å². The summed E-state index contributed by atoms with van der Waals surface area (Å²) in [7, 11) is 0. The minimum Gasteiger partial charge on any atom is -0.320 e. The number of rotatable bonds is 1. The first kappa shape index (κ1) is 12.8. The predicted octanol–water partition coefficient (Wildman–Crippen LogP) is 3.53. The van der Waals surface area contributed by atoms with E-state index in [1.165, 1.54) is 6.20 Å². The molecular weight excluding hydrogens is 249 g/mol. The van der Waals surface area contributed by atoms with Gasteiger partial charge in [-0.05, 0) is 18.3 Å². The molecule has 0 aromatic carbocycles. The Morgan fingerprint density at radius 3 is 2.41 bits per heavy atom. The Bertz CT molecular complexity index is 425. The second kappa shape index (κ2) is 3.68. The van der Waals surface area contributed by atoms with E-state index in [1.54, 1.807) is 0 Å². The average Bonchev–Trinajstić information content (AvgIpc) is 2.72. The summed E-state index contributed by atoms with van der Waals surface area (Å²) in [5.41, 5.74) is 5.47. The molecule has 0 bridgehead atoms. The number of hydrogen-bond acceptors (Lipinski definition) is 3. The maximum Gasteiger partial charge on any atom is 0.443 e. The van der Waals surface area contributed by atoms with E-state index in [0.717, 1.165) is 19.3 Å². The van der Waals surface area contributed by atoms with Crippen LogP contribution in [0, 0.1) is 5.41 Å². The van der Waals surface area contributed by atoms with E-state index >= 15 is 0 Å². The van der Waals surface area contributed by atoms with Crippen molar-refractivity contribution in [3.63, 3.8) is 0 Å². The van der Waals surface area contributed by atoms with Crippen molar-refractivity contribution in [2.24, 2.45) is 11.1 Å². The van der Waals surface area contributed by atoms with Crippen molar-refractivity contribution in [1.29, 1.82) is 0 Å². The summed E-state index contributed by atoms with van der Waals surface area (Å²) < 4.78 is 37.5. The van der Waals surface area contributed by atoms with Gasteiger partial charge < -0.3 is 5.73 Å². The van der Waals surface area contributed by atoms with Crippen molar-refractivity contribution >= 4 is 11.3 Å². The highest BCUT2D eigenvalue weighted by atomic mass is 32.1. The molecule has 2 nitrogen and oxygen atoms in total. The van der Waals surface area contributed by atoms with Gasteiger partial charge in [0.05, 0.1) is 5.54 Å². The molecule has 17 heavy (non-hydrogen) atoms. The molecule has 1 saturated carbocycles. The van der Waals surface area contributed by atoms with Gasteiger partial charge in [0, 0.05) is 11.1 Å². The molecule has 96 valence electrons. The number of thiazole rings is 1. The molecule has 6 heteroatoms. The van der Waals surface area contributed by atoms with Gasteiger partial charge in [-0.2, -0.15) is 13.2 Å². The van der Waals surface area contributed by atoms with Gasteiger partial charge in [0.2, 0.25) is 0 Å². The van der Waals surface area contributed by atoms with Gasteiger partial charge in [-0.1, -0.05) is 20.3 Å². The summed E-state index contributed by atoms with van der Waals surface area (Å²) in [6, 6.07) is 0. The van der Waals surface area contributed by atoms with Crippen LogP contribution < -0.4 is 5.73 Å². The van der Waals surface area contributed by atoms with E-state index in [4.69, 9.17) is 5.73 Å². The van der Waals surface area contributed by atoms with Crippen LogP contribution in [0.1, 0.15) is 43.0 Å².